The summed E-state index contributed by atoms with van der Waals surface area (Å²) >= 11 is 3.40. The molecule has 0 bridgehead atoms. The Morgan fingerprint density at radius 2 is 1.66 bits per heavy atom. The van der Waals surface area contributed by atoms with E-state index in [0.717, 1.165) is 15.6 Å². The Morgan fingerprint density at radius 3 is 2.42 bits per heavy atom. The first-order valence-corrected chi connectivity index (χ1v) is 12.5. The molecule has 0 atom stereocenters. The Kier molecular flexibility index (Phi) is 6.05. The number of carbonyl (C=O) groups is 2. The summed E-state index contributed by atoms with van der Waals surface area (Å²) in [5.41, 5.74) is 2.77. The maximum Gasteiger partial charge on any atom is 0.348 e. The molecule has 186 valence electrons. The molecule has 0 saturated heterocycles. The number of Topliss-reactive ketones (excluding diaryl/α,β-unsaturated/α-hetero) is 1. The predicted molar refractivity (Wildman–Crippen MR) is 147 cm³/mol. The highest BCUT2D eigenvalue weighted by molar-refractivity contribution is 9.10. The van der Waals surface area contributed by atoms with Crippen molar-refractivity contribution in [3.05, 3.63) is 118 Å². The number of halogens is 1. The zero-order valence-electron chi connectivity index (χ0n) is 20.1. The molecule has 0 amide bonds. The molecule has 5 aromatic rings. The molecule has 1 aliphatic rings. The summed E-state index contributed by atoms with van der Waals surface area (Å²) < 4.78 is 24.0. The minimum Gasteiger partial charge on any atom is -0.497 e. The Labute approximate surface area is 226 Å². The molecular weight excluding hydrogens is 548 g/mol. The smallest absolute Gasteiger partial charge is 0.348 e. The second-order valence-corrected chi connectivity index (χ2v) is 9.49. The summed E-state index contributed by atoms with van der Waals surface area (Å²) in [6.45, 7) is 0. The van der Waals surface area contributed by atoms with Crippen LogP contribution in [0, 0.1) is 0 Å². The number of allylic oxidation sites excluding steroid dienone is 1. The maximum absolute atomic E-state index is 13.5. The molecule has 0 spiro atoms. The lowest BCUT2D eigenvalue weighted by molar-refractivity contribution is 0.0736. The van der Waals surface area contributed by atoms with Crippen LogP contribution < -0.4 is 14.2 Å². The fourth-order valence-electron chi connectivity index (χ4n) is 4.30. The third-order valence-electron chi connectivity index (χ3n) is 6.15. The highest BCUT2D eigenvalue weighted by Gasteiger charge is 2.29. The van der Waals surface area contributed by atoms with Crippen molar-refractivity contribution >= 4 is 44.7 Å². The molecule has 38 heavy (non-hydrogen) atoms. The minimum atomic E-state index is -0.606. The van der Waals surface area contributed by atoms with Crippen LogP contribution in [-0.4, -0.2) is 18.9 Å². The van der Waals surface area contributed by atoms with Gasteiger partial charge < -0.3 is 18.6 Å². The molecule has 4 aromatic carbocycles. The van der Waals surface area contributed by atoms with Crippen molar-refractivity contribution in [2.45, 2.75) is 0 Å². The number of hydrogen-bond acceptors (Lipinski definition) is 6. The molecule has 0 N–H and O–H groups in total. The number of carbonyl (C=O) groups excluding carboxylic acids is 2. The average Bonchev–Trinajstić information content (AvgIpc) is 3.47. The van der Waals surface area contributed by atoms with Gasteiger partial charge in [0.15, 0.2) is 5.76 Å². The van der Waals surface area contributed by atoms with Gasteiger partial charge in [0.1, 0.15) is 34.2 Å². The summed E-state index contributed by atoms with van der Waals surface area (Å²) in [6, 6.07) is 26.8. The van der Waals surface area contributed by atoms with E-state index in [0.29, 0.717) is 33.8 Å². The molecule has 2 heterocycles. The fraction of sp³-hybridized carbons (Fsp3) is 0.0323. The van der Waals surface area contributed by atoms with Crippen LogP contribution in [0.2, 0.25) is 0 Å². The second kappa shape index (κ2) is 9.68. The Balaban J connectivity index is 1.33. The van der Waals surface area contributed by atoms with Gasteiger partial charge in [-0.3, -0.25) is 4.79 Å². The van der Waals surface area contributed by atoms with Crippen LogP contribution >= 0.6 is 15.9 Å². The lowest BCUT2D eigenvalue weighted by Gasteiger charge is -2.07. The van der Waals surface area contributed by atoms with Gasteiger partial charge in [-0.25, -0.2) is 4.79 Å². The van der Waals surface area contributed by atoms with Crippen molar-refractivity contribution in [2.75, 3.05) is 7.11 Å². The van der Waals surface area contributed by atoms with Crippen LogP contribution in [0.5, 0.6) is 17.2 Å². The van der Waals surface area contributed by atoms with E-state index >= 15 is 0 Å². The first kappa shape index (κ1) is 23.8. The summed E-state index contributed by atoms with van der Waals surface area (Å²) in [4.78, 5) is 26.4. The van der Waals surface area contributed by atoms with E-state index in [9.17, 15) is 9.59 Å². The zero-order valence-corrected chi connectivity index (χ0v) is 21.7. The summed E-state index contributed by atoms with van der Waals surface area (Å²) in [6.07, 6.45) is 1.68. The zero-order chi connectivity index (χ0) is 26.2. The molecule has 0 fully saturated rings. The quantitative estimate of drug-likeness (QED) is 0.123. The van der Waals surface area contributed by atoms with Crippen molar-refractivity contribution in [3.8, 4) is 28.6 Å². The van der Waals surface area contributed by atoms with Gasteiger partial charge in [-0.15, -0.1) is 0 Å². The van der Waals surface area contributed by atoms with E-state index in [2.05, 4.69) is 15.9 Å². The van der Waals surface area contributed by atoms with Crippen LogP contribution in [0.1, 0.15) is 26.3 Å². The van der Waals surface area contributed by atoms with E-state index in [1.54, 1.807) is 49.6 Å². The summed E-state index contributed by atoms with van der Waals surface area (Å²) in [7, 11) is 1.56. The first-order valence-electron chi connectivity index (χ1n) is 11.7. The first-order chi connectivity index (χ1) is 18.5. The van der Waals surface area contributed by atoms with Gasteiger partial charge in [0, 0.05) is 21.5 Å². The number of benzene rings is 4. The minimum absolute atomic E-state index is 0.199. The van der Waals surface area contributed by atoms with Crippen LogP contribution in [0.15, 0.2) is 106 Å². The van der Waals surface area contributed by atoms with Gasteiger partial charge in [-0.05, 0) is 54.1 Å². The Morgan fingerprint density at radius 1 is 0.895 bits per heavy atom. The molecule has 0 unspecified atom stereocenters. The Bertz CT molecular complexity index is 1730. The molecule has 0 saturated carbocycles. The number of furan rings is 1. The number of fused-ring (bicyclic) bond motifs is 2. The van der Waals surface area contributed by atoms with Gasteiger partial charge in [-0.2, -0.15) is 0 Å². The van der Waals surface area contributed by atoms with Crippen LogP contribution in [0.4, 0.5) is 0 Å². The van der Waals surface area contributed by atoms with Crippen LogP contribution in [0.3, 0.4) is 0 Å². The van der Waals surface area contributed by atoms with Crippen LogP contribution in [-0.2, 0) is 0 Å². The molecule has 7 heteroatoms. The molecule has 0 radical (unpaired) electrons. The van der Waals surface area contributed by atoms with Crippen molar-refractivity contribution in [1.82, 2.24) is 0 Å². The lowest BCUT2D eigenvalue weighted by atomic mass is 10.1. The molecule has 1 aliphatic heterocycles. The van der Waals surface area contributed by atoms with E-state index in [1.165, 1.54) is 0 Å². The average molecular weight is 567 g/mol. The van der Waals surface area contributed by atoms with E-state index in [-0.39, 0.29) is 22.9 Å². The van der Waals surface area contributed by atoms with E-state index in [1.807, 2.05) is 54.6 Å². The SMILES string of the molecule is COc1ccc2oc(-c3ccccc3)c(C(=O)Oc3ccc4c(c3)O/C(=C\c3ccc(Br)cc3)C4=O)c2c1. The van der Waals surface area contributed by atoms with Gasteiger partial charge in [0.25, 0.3) is 0 Å². The monoisotopic (exact) mass is 566 g/mol. The standard InChI is InChI=1S/C31H19BrO6/c1-35-21-12-14-25-24(16-21)28(30(38-25)19-5-3-2-4-6-19)31(34)36-22-11-13-23-26(17-22)37-27(29(23)33)15-18-7-9-20(32)10-8-18/h2-17H,1H3/b27-15-. The largest absolute Gasteiger partial charge is 0.497 e. The van der Waals surface area contributed by atoms with Crippen molar-refractivity contribution < 1.29 is 28.2 Å². The van der Waals surface area contributed by atoms with Gasteiger partial charge in [0.2, 0.25) is 5.78 Å². The normalized spacial score (nSPS) is 13.4. The van der Waals surface area contributed by atoms with Gasteiger partial charge in [-0.1, -0.05) is 58.4 Å². The summed E-state index contributed by atoms with van der Waals surface area (Å²) in [5.74, 6) is 0.900. The molecule has 6 rings (SSSR count). The topological polar surface area (TPSA) is 75.0 Å². The van der Waals surface area contributed by atoms with E-state index < -0.39 is 5.97 Å². The highest BCUT2D eigenvalue weighted by atomic mass is 79.9. The predicted octanol–water partition coefficient (Wildman–Crippen LogP) is 7.71. The molecule has 1 aromatic heterocycles. The van der Waals surface area contributed by atoms with E-state index in [4.69, 9.17) is 18.6 Å². The third-order valence-corrected chi connectivity index (χ3v) is 6.68. The fourth-order valence-corrected chi connectivity index (χ4v) is 4.56. The maximum atomic E-state index is 13.5. The van der Waals surface area contributed by atoms with Crippen molar-refractivity contribution in [1.29, 1.82) is 0 Å². The number of esters is 1. The number of ketones is 1. The van der Waals surface area contributed by atoms with Crippen molar-refractivity contribution in [2.24, 2.45) is 0 Å². The summed E-state index contributed by atoms with van der Waals surface area (Å²) in [5, 5.41) is 0.570. The number of ether oxygens (including phenoxy) is 3. The van der Waals surface area contributed by atoms with Gasteiger partial charge in [0.05, 0.1) is 12.7 Å². The highest BCUT2D eigenvalue weighted by Crippen LogP contribution is 2.38. The second-order valence-electron chi connectivity index (χ2n) is 8.57. The number of hydrogen-bond donors (Lipinski definition) is 0. The molecule has 0 aliphatic carbocycles. The number of methoxy groups -OCH3 is 1. The third kappa shape index (κ3) is 4.37. The van der Waals surface area contributed by atoms with Crippen LogP contribution in [0.25, 0.3) is 28.4 Å². The van der Waals surface area contributed by atoms with Crippen molar-refractivity contribution in [3.63, 3.8) is 0 Å². The van der Waals surface area contributed by atoms with Gasteiger partial charge >= 0.3 is 5.97 Å². The molecule has 6 nitrogen and oxygen atoms in total. The Hall–Kier alpha value is -4.62. The number of rotatable bonds is 5. The lowest BCUT2D eigenvalue weighted by Crippen LogP contribution is -2.09. The molecular formula is C31H19BrO6.